The Bertz CT molecular complexity index is 313. The Balaban J connectivity index is 3.10. The highest BCUT2D eigenvalue weighted by molar-refractivity contribution is 5.41. The van der Waals surface area contributed by atoms with E-state index in [0.717, 1.165) is 12.1 Å². The van der Waals surface area contributed by atoms with Gasteiger partial charge in [0.25, 0.3) is 0 Å². The van der Waals surface area contributed by atoms with Crippen LogP contribution in [0, 0.1) is 0 Å². The van der Waals surface area contributed by atoms with Crippen molar-refractivity contribution in [1.29, 1.82) is 0 Å². The van der Waals surface area contributed by atoms with Crippen LogP contribution in [0.4, 0.5) is 23.2 Å². The van der Waals surface area contributed by atoms with Crippen LogP contribution in [0.25, 0.3) is 0 Å². The molecule has 14 heavy (non-hydrogen) atoms. The maximum atomic E-state index is 13.3. The lowest BCUT2D eigenvalue weighted by molar-refractivity contribution is -0.228. The van der Waals surface area contributed by atoms with Crippen LogP contribution < -0.4 is 5.73 Å². The van der Waals surface area contributed by atoms with Crippen LogP contribution in [0.15, 0.2) is 24.3 Å². The molecule has 0 heterocycles. The molecule has 1 rings (SSSR count). The summed E-state index contributed by atoms with van der Waals surface area (Å²) in [5.41, 5.74) is 1.80. The third-order valence-electron chi connectivity index (χ3n) is 1.99. The van der Waals surface area contributed by atoms with Gasteiger partial charge in [0.1, 0.15) is 0 Å². The number of rotatable bonds is 1. The van der Waals surface area contributed by atoms with Gasteiger partial charge in [-0.25, -0.2) is 4.39 Å². The Morgan fingerprint density at radius 2 is 1.43 bits per heavy atom. The van der Waals surface area contributed by atoms with Gasteiger partial charge in [-0.15, -0.1) is 0 Å². The molecule has 78 valence electrons. The van der Waals surface area contributed by atoms with Gasteiger partial charge in [-0.3, -0.25) is 0 Å². The van der Waals surface area contributed by atoms with Crippen molar-refractivity contribution in [2.75, 3.05) is 5.73 Å². The second kappa shape index (κ2) is 3.15. The van der Waals surface area contributed by atoms with Gasteiger partial charge < -0.3 is 5.73 Å². The third kappa shape index (κ3) is 1.81. The van der Waals surface area contributed by atoms with E-state index >= 15 is 0 Å². The quantitative estimate of drug-likeness (QED) is 0.556. The average molecular weight is 207 g/mol. The molecule has 0 aliphatic carbocycles. The maximum Gasteiger partial charge on any atom is 0.426 e. The number of nitrogens with two attached hydrogens (primary N) is 1. The van der Waals surface area contributed by atoms with E-state index in [2.05, 4.69) is 0 Å². The van der Waals surface area contributed by atoms with E-state index in [-0.39, 0.29) is 0 Å². The van der Waals surface area contributed by atoms with Crippen LogP contribution in [0.2, 0.25) is 0 Å². The van der Waals surface area contributed by atoms with Gasteiger partial charge >= 0.3 is 6.18 Å². The fourth-order valence-corrected chi connectivity index (χ4v) is 0.960. The van der Waals surface area contributed by atoms with Crippen LogP contribution in [-0.2, 0) is 5.67 Å². The van der Waals surface area contributed by atoms with Gasteiger partial charge in [0.15, 0.2) is 0 Å². The smallest absolute Gasteiger partial charge is 0.399 e. The summed E-state index contributed by atoms with van der Waals surface area (Å²) >= 11 is 0. The summed E-state index contributed by atoms with van der Waals surface area (Å²) in [4.78, 5) is 0. The fraction of sp³-hybridized carbons (Fsp3) is 0.333. The zero-order valence-electron chi connectivity index (χ0n) is 7.40. The van der Waals surface area contributed by atoms with E-state index in [4.69, 9.17) is 5.73 Å². The molecule has 0 amide bonds. The van der Waals surface area contributed by atoms with Gasteiger partial charge in [-0.2, -0.15) is 13.2 Å². The second-order valence-electron chi connectivity index (χ2n) is 3.12. The molecule has 1 atom stereocenters. The largest absolute Gasteiger partial charge is 0.426 e. The number of hydrogen-bond donors (Lipinski definition) is 1. The van der Waals surface area contributed by atoms with E-state index in [1.165, 1.54) is 12.1 Å². The summed E-state index contributed by atoms with van der Waals surface area (Å²) in [7, 11) is 0. The van der Waals surface area contributed by atoms with Crippen molar-refractivity contribution in [2.24, 2.45) is 0 Å². The first kappa shape index (κ1) is 10.8. The SMILES string of the molecule is CC(F)(c1ccc(N)cc1)C(F)(F)F. The first-order valence-corrected chi connectivity index (χ1v) is 3.87. The molecular formula is C9H9F4N. The minimum Gasteiger partial charge on any atom is -0.399 e. The molecule has 0 aliphatic heterocycles. The minimum atomic E-state index is -4.91. The predicted molar refractivity (Wildman–Crippen MR) is 45.4 cm³/mol. The molecule has 0 radical (unpaired) electrons. The molecule has 0 aliphatic rings. The van der Waals surface area contributed by atoms with Crippen molar-refractivity contribution in [3.05, 3.63) is 29.8 Å². The molecule has 0 spiro atoms. The minimum absolute atomic E-state index is 0.298. The van der Waals surface area contributed by atoms with E-state index in [9.17, 15) is 17.6 Å². The van der Waals surface area contributed by atoms with Crippen LogP contribution in [0.5, 0.6) is 0 Å². The highest BCUT2D eigenvalue weighted by Crippen LogP contribution is 2.42. The lowest BCUT2D eigenvalue weighted by Gasteiger charge is -2.23. The first-order chi connectivity index (χ1) is 6.25. The predicted octanol–water partition coefficient (Wildman–Crippen LogP) is 3.02. The van der Waals surface area contributed by atoms with Gasteiger partial charge in [0.05, 0.1) is 0 Å². The number of halogens is 4. The van der Waals surface area contributed by atoms with Crippen molar-refractivity contribution in [3.8, 4) is 0 Å². The van der Waals surface area contributed by atoms with E-state index < -0.39 is 17.4 Å². The van der Waals surface area contributed by atoms with Gasteiger partial charge in [-0.05, 0) is 24.6 Å². The number of anilines is 1. The van der Waals surface area contributed by atoms with Crippen molar-refractivity contribution >= 4 is 5.69 Å². The molecule has 1 aromatic carbocycles. The highest BCUT2D eigenvalue weighted by atomic mass is 19.4. The Morgan fingerprint density at radius 1 is 1.00 bits per heavy atom. The summed E-state index contributed by atoms with van der Waals surface area (Å²) in [6.45, 7) is 0.485. The summed E-state index contributed by atoms with van der Waals surface area (Å²) in [5.74, 6) is 0. The van der Waals surface area contributed by atoms with Crippen LogP contribution >= 0.6 is 0 Å². The standard InChI is InChI=1S/C9H9F4N/c1-8(10,9(11,12)13)6-2-4-7(14)5-3-6/h2-5H,14H2,1H3. The normalized spacial score (nSPS) is 16.4. The zero-order valence-corrected chi connectivity index (χ0v) is 7.40. The van der Waals surface area contributed by atoms with Crippen molar-refractivity contribution < 1.29 is 17.6 Å². The van der Waals surface area contributed by atoms with Crippen molar-refractivity contribution in [3.63, 3.8) is 0 Å². The molecule has 5 heteroatoms. The van der Waals surface area contributed by atoms with Gasteiger partial charge in [-0.1, -0.05) is 12.1 Å². The molecule has 0 fully saturated rings. The molecule has 1 aromatic rings. The van der Waals surface area contributed by atoms with Crippen molar-refractivity contribution in [1.82, 2.24) is 0 Å². The molecule has 0 saturated heterocycles. The molecule has 0 aromatic heterocycles. The second-order valence-corrected chi connectivity index (χ2v) is 3.12. The highest BCUT2D eigenvalue weighted by Gasteiger charge is 2.53. The molecule has 1 nitrogen and oxygen atoms in total. The van der Waals surface area contributed by atoms with Gasteiger partial charge in [0, 0.05) is 5.69 Å². The summed E-state index contributed by atoms with van der Waals surface area (Å²) < 4.78 is 49.9. The maximum absolute atomic E-state index is 13.3. The lowest BCUT2D eigenvalue weighted by atomic mass is 9.97. The summed E-state index contributed by atoms with van der Waals surface area (Å²) in [6, 6.07) is 4.53. The number of nitrogen functional groups attached to an aromatic ring is 1. The monoisotopic (exact) mass is 207 g/mol. The number of alkyl halides is 4. The number of benzene rings is 1. The van der Waals surface area contributed by atoms with E-state index in [1.54, 1.807) is 0 Å². The van der Waals surface area contributed by atoms with Gasteiger partial charge in [0.2, 0.25) is 5.67 Å². The topological polar surface area (TPSA) is 26.0 Å². The Labute approximate surface area is 78.5 Å². The molecule has 1 unspecified atom stereocenters. The van der Waals surface area contributed by atoms with E-state index in [1.807, 2.05) is 0 Å². The molecule has 2 N–H and O–H groups in total. The first-order valence-electron chi connectivity index (χ1n) is 3.87. The Kier molecular flexibility index (Phi) is 2.43. The molecular weight excluding hydrogens is 198 g/mol. The summed E-state index contributed by atoms with van der Waals surface area (Å²) in [5, 5.41) is 0. The van der Waals surface area contributed by atoms with Crippen molar-refractivity contribution in [2.45, 2.75) is 18.8 Å². The summed E-state index contributed by atoms with van der Waals surface area (Å²) in [6.07, 6.45) is -4.91. The zero-order chi connectivity index (χ0) is 11.0. The van der Waals surface area contributed by atoms with Crippen LogP contribution in [0.3, 0.4) is 0 Å². The average Bonchev–Trinajstić information content (AvgIpc) is 2.03. The van der Waals surface area contributed by atoms with Crippen LogP contribution in [-0.4, -0.2) is 6.18 Å². The lowest BCUT2D eigenvalue weighted by Crippen LogP contribution is -2.34. The number of hydrogen-bond acceptors (Lipinski definition) is 1. The molecule has 0 bridgehead atoms. The third-order valence-corrected chi connectivity index (χ3v) is 1.99. The molecule has 0 saturated carbocycles. The Hall–Kier alpha value is -1.26. The fourth-order valence-electron chi connectivity index (χ4n) is 0.960. The van der Waals surface area contributed by atoms with Crippen LogP contribution in [0.1, 0.15) is 12.5 Å². The van der Waals surface area contributed by atoms with E-state index in [0.29, 0.717) is 12.6 Å². The Morgan fingerprint density at radius 3 is 1.79 bits per heavy atom.